The molecule has 0 spiro atoms. The molecule has 0 aliphatic carbocycles. The number of carbonyl (C=O) groups excluding carboxylic acids is 1. The van der Waals surface area contributed by atoms with Gasteiger partial charge in [0, 0.05) is 13.2 Å². The maximum atomic E-state index is 12.2. The van der Waals surface area contributed by atoms with Crippen molar-refractivity contribution in [2.75, 3.05) is 12.4 Å². The topological polar surface area (TPSA) is 54.0 Å². The van der Waals surface area contributed by atoms with Gasteiger partial charge < -0.3 is 10.6 Å². The third-order valence-corrected chi connectivity index (χ3v) is 2.98. The highest BCUT2D eigenvalue weighted by molar-refractivity contribution is 5.99. The van der Waals surface area contributed by atoms with E-state index >= 15 is 0 Å². The number of benzene rings is 1. The second-order valence-electron chi connectivity index (χ2n) is 4.28. The Morgan fingerprint density at radius 3 is 2.63 bits per heavy atom. The second-order valence-corrected chi connectivity index (χ2v) is 4.28. The van der Waals surface area contributed by atoms with Crippen molar-refractivity contribution in [1.29, 1.82) is 0 Å². The molecule has 1 aromatic carbocycles. The van der Waals surface area contributed by atoms with Gasteiger partial charge in [-0.05, 0) is 18.6 Å². The fourth-order valence-corrected chi connectivity index (χ4v) is 1.89. The molecule has 2 N–H and O–H groups in total. The second kappa shape index (κ2) is 6.00. The van der Waals surface area contributed by atoms with Gasteiger partial charge in [-0.25, -0.2) is 0 Å². The summed E-state index contributed by atoms with van der Waals surface area (Å²) in [4.78, 5) is 16.2. The third kappa shape index (κ3) is 3.10. The SMILES string of the molecule is CNc1cnccc1C(=O)NC(C)c1ccccc1. The first-order chi connectivity index (χ1) is 9.22. The van der Waals surface area contributed by atoms with Gasteiger partial charge in [-0.1, -0.05) is 30.3 Å². The van der Waals surface area contributed by atoms with Gasteiger partial charge >= 0.3 is 0 Å². The number of nitrogens with zero attached hydrogens (tertiary/aromatic N) is 1. The van der Waals surface area contributed by atoms with Gasteiger partial charge in [0.1, 0.15) is 0 Å². The molecule has 0 aliphatic rings. The molecule has 0 fully saturated rings. The molecule has 0 aliphatic heterocycles. The monoisotopic (exact) mass is 255 g/mol. The molecule has 2 rings (SSSR count). The van der Waals surface area contributed by atoms with Crippen molar-refractivity contribution in [2.24, 2.45) is 0 Å². The predicted octanol–water partition coefficient (Wildman–Crippen LogP) is 2.61. The van der Waals surface area contributed by atoms with E-state index in [0.29, 0.717) is 5.56 Å². The Morgan fingerprint density at radius 2 is 1.95 bits per heavy atom. The molecular formula is C15H17N3O. The van der Waals surface area contributed by atoms with E-state index in [4.69, 9.17) is 0 Å². The van der Waals surface area contributed by atoms with Gasteiger partial charge in [0.2, 0.25) is 0 Å². The molecular weight excluding hydrogens is 238 g/mol. The lowest BCUT2D eigenvalue weighted by Crippen LogP contribution is -2.27. The number of hydrogen-bond acceptors (Lipinski definition) is 3. The first-order valence-electron chi connectivity index (χ1n) is 6.20. The van der Waals surface area contributed by atoms with Crippen LogP contribution in [0.1, 0.15) is 28.9 Å². The Hall–Kier alpha value is -2.36. The van der Waals surface area contributed by atoms with Crippen LogP contribution >= 0.6 is 0 Å². The molecule has 0 saturated carbocycles. The molecule has 19 heavy (non-hydrogen) atoms. The molecule has 1 unspecified atom stereocenters. The van der Waals surface area contributed by atoms with Crippen molar-refractivity contribution in [3.8, 4) is 0 Å². The Morgan fingerprint density at radius 1 is 1.21 bits per heavy atom. The van der Waals surface area contributed by atoms with E-state index in [0.717, 1.165) is 11.3 Å². The van der Waals surface area contributed by atoms with Crippen LogP contribution in [0.4, 0.5) is 5.69 Å². The Labute approximate surface area is 112 Å². The molecule has 2 aromatic rings. The summed E-state index contributed by atoms with van der Waals surface area (Å²) in [6, 6.07) is 11.5. The van der Waals surface area contributed by atoms with Crippen molar-refractivity contribution < 1.29 is 4.79 Å². The molecule has 0 bridgehead atoms. The molecule has 4 heteroatoms. The fourth-order valence-electron chi connectivity index (χ4n) is 1.89. The van der Waals surface area contributed by atoms with Crippen molar-refractivity contribution >= 4 is 11.6 Å². The zero-order chi connectivity index (χ0) is 13.7. The number of hydrogen-bond donors (Lipinski definition) is 2. The zero-order valence-electron chi connectivity index (χ0n) is 11.1. The van der Waals surface area contributed by atoms with Crippen LogP contribution in [0.5, 0.6) is 0 Å². The van der Waals surface area contributed by atoms with E-state index in [1.807, 2.05) is 37.3 Å². The number of pyridine rings is 1. The minimum absolute atomic E-state index is 0.0356. The summed E-state index contributed by atoms with van der Waals surface area (Å²) in [6.45, 7) is 1.97. The van der Waals surface area contributed by atoms with Crippen LogP contribution in [0.25, 0.3) is 0 Å². The van der Waals surface area contributed by atoms with E-state index in [2.05, 4.69) is 15.6 Å². The number of anilines is 1. The van der Waals surface area contributed by atoms with Crippen LogP contribution in [0.15, 0.2) is 48.8 Å². The van der Waals surface area contributed by atoms with E-state index in [1.165, 1.54) is 0 Å². The van der Waals surface area contributed by atoms with Crippen LogP contribution in [0.2, 0.25) is 0 Å². The van der Waals surface area contributed by atoms with Crippen molar-refractivity contribution in [3.63, 3.8) is 0 Å². The average Bonchev–Trinajstić information content (AvgIpc) is 2.48. The highest BCUT2D eigenvalue weighted by Crippen LogP contribution is 2.16. The molecule has 0 radical (unpaired) electrons. The van der Waals surface area contributed by atoms with Crippen LogP contribution in [0, 0.1) is 0 Å². The summed E-state index contributed by atoms with van der Waals surface area (Å²) in [5, 5.41) is 5.95. The van der Waals surface area contributed by atoms with Gasteiger partial charge in [0.05, 0.1) is 23.5 Å². The number of amides is 1. The van der Waals surface area contributed by atoms with Crippen LogP contribution < -0.4 is 10.6 Å². The van der Waals surface area contributed by atoms with E-state index in [1.54, 1.807) is 25.5 Å². The lowest BCUT2D eigenvalue weighted by Gasteiger charge is -2.15. The molecule has 1 atom stereocenters. The first kappa shape index (κ1) is 13.1. The van der Waals surface area contributed by atoms with Crippen molar-refractivity contribution in [2.45, 2.75) is 13.0 Å². The zero-order valence-corrected chi connectivity index (χ0v) is 11.1. The molecule has 0 saturated heterocycles. The maximum Gasteiger partial charge on any atom is 0.253 e. The van der Waals surface area contributed by atoms with Gasteiger partial charge in [-0.2, -0.15) is 0 Å². The van der Waals surface area contributed by atoms with Crippen LogP contribution in [0.3, 0.4) is 0 Å². The minimum Gasteiger partial charge on any atom is -0.386 e. The van der Waals surface area contributed by atoms with Gasteiger partial charge in [-0.3, -0.25) is 9.78 Å². The lowest BCUT2D eigenvalue weighted by atomic mass is 10.1. The minimum atomic E-state index is -0.108. The molecule has 1 aromatic heterocycles. The highest BCUT2D eigenvalue weighted by Gasteiger charge is 2.13. The maximum absolute atomic E-state index is 12.2. The largest absolute Gasteiger partial charge is 0.386 e. The van der Waals surface area contributed by atoms with E-state index in [9.17, 15) is 4.79 Å². The molecule has 1 amide bonds. The Balaban J connectivity index is 2.13. The van der Waals surface area contributed by atoms with Gasteiger partial charge in [0.15, 0.2) is 0 Å². The molecule has 98 valence electrons. The first-order valence-corrected chi connectivity index (χ1v) is 6.20. The summed E-state index contributed by atoms with van der Waals surface area (Å²) < 4.78 is 0. The summed E-state index contributed by atoms with van der Waals surface area (Å²) in [5.41, 5.74) is 2.40. The van der Waals surface area contributed by atoms with Crippen LogP contribution in [-0.2, 0) is 0 Å². The van der Waals surface area contributed by atoms with Crippen molar-refractivity contribution in [3.05, 3.63) is 59.9 Å². The number of rotatable bonds is 4. The third-order valence-electron chi connectivity index (χ3n) is 2.98. The number of carbonyl (C=O) groups is 1. The van der Waals surface area contributed by atoms with E-state index < -0.39 is 0 Å². The predicted molar refractivity (Wildman–Crippen MR) is 76.1 cm³/mol. The summed E-state index contributed by atoms with van der Waals surface area (Å²) in [7, 11) is 1.77. The number of nitrogens with one attached hydrogen (secondary N) is 2. The molecule has 4 nitrogen and oxygen atoms in total. The lowest BCUT2D eigenvalue weighted by molar-refractivity contribution is 0.0940. The Bertz CT molecular complexity index is 554. The summed E-state index contributed by atoms with van der Waals surface area (Å²) in [6.07, 6.45) is 3.25. The van der Waals surface area contributed by atoms with E-state index in [-0.39, 0.29) is 11.9 Å². The number of aromatic nitrogens is 1. The fraction of sp³-hybridized carbons (Fsp3) is 0.200. The highest BCUT2D eigenvalue weighted by atomic mass is 16.1. The van der Waals surface area contributed by atoms with Gasteiger partial charge in [0.25, 0.3) is 5.91 Å². The normalized spacial score (nSPS) is 11.7. The molecule has 1 heterocycles. The van der Waals surface area contributed by atoms with Gasteiger partial charge in [-0.15, -0.1) is 0 Å². The quantitative estimate of drug-likeness (QED) is 0.883. The summed E-state index contributed by atoms with van der Waals surface area (Å²) >= 11 is 0. The van der Waals surface area contributed by atoms with Crippen LogP contribution in [-0.4, -0.2) is 17.9 Å². The smallest absolute Gasteiger partial charge is 0.253 e. The van der Waals surface area contributed by atoms with Crippen molar-refractivity contribution in [1.82, 2.24) is 10.3 Å². The summed E-state index contributed by atoms with van der Waals surface area (Å²) in [5.74, 6) is -0.108. The Kier molecular flexibility index (Phi) is 4.13. The average molecular weight is 255 g/mol. The standard InChI is InChI=1S/C15H17N3O/c1-11(12-6-4-3-5-7-12)18-15(19)13-8-9-17-10-14(13)16-2/h3-11,16H,1-2H3,(H,18,19).